The van der Waals surface area contributed by atoms with Crippen LogP contribution < -0.4 is 10.5 Å². The van der Waals surface area contributed by atoms with Gasteiger partial charge in [0.25, 0.3) is 0 Å². The molecule has 0 aliphatic carbocycles. The summed E-state index contributed by atoms with van der Waals surface area (Å²) >= 11 is 6.26. The average Bonchev–Trinajstić information content (AvgIpc) is 3.01. The number of rotatable bonds is 4. The fourth-order valence-electron chi connectivity index (χ4n) is 2.53. The van der Waals surface area contributed by atoms with Gasteiger partial charge in [-0.15, -0.1) is 0 Å². The van der Waals surface area contributed by atoms with Crippen LogP contribution in [0, 0.1) is 6.92 Å². The van der Waals surface area contributed by atoms with Crippen molar-refractivity contribution < 1.29 is 4.74 Å². The second-order valence-electron chi connectivity index (χ2n) is 5.25. The minimum Gasteiger partial charge on any atom is -0.497 e. The molecule has 4 nitrogen and oxygen atoms in total. The molecular weight excluding hydrogens is 310 g/mol. The van der Waals surface area contributed by atoms with Crippen LogP contribution in [0.5, 0.6) is 5.75 Å². The Balaban J connectivity index is 2.21. The lowest BCUT2D eigenvalue weighted by atomic mass is 10.1. The molecule has 1 heterocycles. The summed E-state index contributed by atoms with van der Waals surface area (Å²) in [6, 6.07) is 15.7. The van der Waals surface area contributed by atoms with Gasteiger partial charge in [0.15, 0.2) is 0 Å². The number of halogens is 1. The first kappa shape index (κ1) is 15.6. The van der Waals surface area contributed by atoms with Gasteiger partial charge in [-0.2, -0.15) is 5.10 Å². The van der Waals surface area contributed by atoms with Crippen molar-refractivity contribution >= 4 is 11.6 Å². The van der Waals surface area contributed by atoms with Crippen molar-refractivity contribution in [3.63, 3.8) is 0 Å². The van der Waals surface area contributed by atoms with E-state index < -0.39 is 0 Å². The Labute approximate surface area is 140 Å². The van der Waals surface area contributed by atoms with Crippen molar-refractivity contribution in [2.45, 2.75) is 13.5 Å². The fourth-order valence-corrected chi connectivity index (χ4v) is 2.70. The van der Waals surface area contributed by atoms with Crippen molar-refractivity contribution in [1.82, 2.24) is 9.78 Å². The molecule has 3 aromatic rings. The maximum Gasteiger partial charge on any atom is 0.119 e. The smallest absolute Gasteiger partial charge is 0.119 e. The lowest BCUT2D eigenvalue weighted by molar-refractivity contribution is 0.415. The summed E-state index contributed by atoms with van der Waals surface area (Å²) in [6.45, 7) is 2.36. The molecular formula is C18H18ClN3O. The van der Waals surface area contributed by atoms with Crippen LogP contribution in [-0.2, 0) is 6.54 Å². The van der Waals surface area contributed by atoms with Crippen LogP contribution >= 0.6 is 11.6 Å². The Hall–Kier alpha value is -2.30. The topological polar surface area (TPSA) is 53.1 Å². The highest BCUT2D eigenvalue weighted by atomic mass is 35.5. The van der Waals surface area contributed by atoms with Crippen LogP contribution in [0.15, 0.2) is 48.5 Å². The number of ether oxygens (including phenoxy) is 1. The standard InChI is InChI=1S/C18H18ClN3O/c1-12-16(19)7-4-8-17(12)22-18(10-14(11-20)21-22)13-5-3-6-15(9-13)23-2/h3-10H,11,20H2,1-2H3. The van der Waals surface area contributed by atoms with Gasteiger partial charge in [0.2, 0.25) is 0 Å². The highest BCUT2D eigenvalue weighted by molar-refractivity contribution is 6.31. The predicted molar refractivity (Wildman–Crippen MR) is 93.2 cm³/mol. The van der Waals surface area contributed by atoms with Gasteiger partial charge >= 0.3 is 0 Å². The lowest BCUT2D eigenvalue weighted by Crippen LogP contribution is -2.04. The van der Waals surface area contributed by atoms with Gasteiger partial charge in [-0.05, 0) is 42.8 Å². The highest BCUT2D eigenvalue weighted by Gasteiger charge is 2.14. The van der Waals surface area contributed by atoms with E-state index in [1.54, 1.807) is 7.11 Å². The van der Waals surface area contributed by atoms with Gasteiger partial charge in [-0.1, -0.05) is 29.8 Å². The van der Waals surface area contributed by atoms with E-state index in [4.69, 9.17) is 22.1 Å². The molecule has 0 atom stereocenters. The molecule has 0 aliphatic heterocycles. The maximum absolute atomic E-state index is 6.26. The summed E-state index contributed by atoms with van der Waals surface area (Å²) in [6.07, 6.45) is 0. The number of nitrogens with two attached hydrogens (primary N) is 1. The zero-order valence-electron chi connectivity index (χ0n) is 13.1. The Morgan fingerprint density at radius 1 is 1.17 bits per heavy atom. The minimum atomic E-state index is 0.379. The van der Waals surface area contributed by atoms with Crippen LogP contribution in [0.4, 0.5) is 0 Å². The van der Waals surface area contributed by atoms with E-state index >= 15 is 0 Å². The van der Waals surface area contributed by atoms with Crippen molar-refractivity contribution in [2.75, 3.05) is 7.11 Å². The second kappa shape index (κ2) is 6.44. The molecule has 5 heteroatoms. The average molecular weight is 328 g/mol. The molecule has 0 aliphatic rings. The summed E-state index contributed by atoms with van der Waals surface area (Å²) in [5, 5.41) is 5.34. The molecule has 2 N–H and O–H groups in total. The normalized spacial score (nSPS) is 10.8. The molecule has 2 aromatic carbocycles. The quantitative estimate of drug-likeness (QED) is 0.789. The predicted octanol–water partition coefficient (Wildman–Crippen LogP) is 3.97. The van der Waals surface area contributed by atoms with Crippen molar-refractivity contribution in [1.29, 1.82) is 0 Å². The second-order valence-corrected chi connectivity index (χ2v) is 5.66. The van der Waals surface area contributed by atoms with Crippen LogP contribution in [0.25, 0.3) is 16.9 Å². The number of nitrogens with zero attached hydrogens (tertiary/aromatic N) is 2. The molecule has 118 valence electrons. The molecule has 0 spiro atoms. The molecule has 0 saturated carbocycles. The molecule has 0 bridgehead atoms. The molecule has 0 fully saturated rings. The Bertz CT molecular complexity index is 842. The van der Waals surface area contributed by atoms with Crippen LogP contribution in [0.2, 0.25) is 5.02 Å². The molecule has 0 radical (unpaired) electrons. The Kier molecular flexibility index (Phi) is 4.37. The minimum absolute atomic E-state index is 0.379. The third-order valence-electron chi connectivity index (χ3n) is 3.80. The zero-order chi connectivity index (χ0) is 16.4. The molecule has 23 heavy (non-hydrogen) atoms. The number of aromatic nitrogens is 2. The number of methoxy groups -OCH3 is 1. The third-order valence-corrected chi connectivity index (χ3v) is 4.21. The van der Waals surface area contributed by atoms with Crippen LogP contribution in [0.1, 0.15) is 11.3 Å². The third kappa shape index (κ3) is 2.96. The van der Waals surface area contributed by atoms with Crippen molar-refractivity contribution in [3.8, 4) is 22.7 Å². The first-order valence-corrected chi connectivity index (χ1v) is 7.70. The Morgan fingerprint density at radius 2 is 1.96 bits per heavy atom. The van der Waals surface area contributed by atoms with Crippen LogP contribution in [0.3, 0.4) is 0 Å². The van der Waals surface area contributed by atoms with Gasteiger partial charge in [-0.3, -0.25) is 0 Å². The SMILES string of the molecule is COc1cccc(-c2cc(CN)nn2-c2cccc(Cl)c2C)c1. The lowest BCUT2D eigenvalue weighted by Gasteiger charge is -2.12. The van der Waals surface area contributed by atoms with E-state index in [0.717, 1.165) is 34.0 Å². The van der Waals surface area contributed by atoms with E-state index in [0.29, 0.717) is 11.6 Å². The van der Waals surface area contributed by atoms with E-state index in [-0.39, 0.29) is 0 Å². The van der Waals surface area contributed by atoms with Crippen molar-refractivity contribution in [2.24, 2.45) is 5.73 Å². The van der Waals surface area contributed by atoms with Gasteiger partial charge in [0.1, 0.15) is 5.75 Å². The number of hydrogen-bond donors (Lipinski definition) is 1. The van der Waals surface area contributed by atoms with E-state index in [1.807, 2.05) is 60.1 Å². The first-order valence-electron chi connectivity index (χ1n) is 7.33. The monoisotopic (exact) mass is 327 g/mol. The molecule has 0 amide bonds. The summed E-state index contributed by atoms with van der Waals surface area (Å²) in [5.41, 5.74) is 10.5. The summed E-state index contributed by atoms with van der Waals surface area (Å²) in [7, 11) is 1.66. The molecule has 3 rings (SSSR count). The molecule has 1 aromatic heterocycles. The van der Waals surface area contributed by atoms with Crippen molar-refractivity contribution in [3.05, 3.63) is 64.8 Å². The van der Waals surface area contributed by atoms with E-state index in [1.165, 1.54) is 0 Å². The summed E-state index contributed by atoms with van der Waals surface area (Å²) < 4.78 is 7.21. The van der Waals surface area contributed by atoms with E-state index in [9.17, 15) is 0 Å². The zero-order valence-corrected chi connectivity index (χ0v) is 13.8. The van der Waals surface area contributed by atoms with Gasteiger partial charge < -0.3 is 10.5 Å². The fraction of sp³-hybridized carbons (Fsp3) is 0.167. The summed E-state index contributed by atoms with van der Waals surface area (Å²) in [5.74, 6) is 0.798. The number of hydrogen-bond acceptors (Lipinski definition) is 3. The Morgan fingerprint density at radius 3 is 2.70 bits per heavy atom. The largest absolute Gasteiger partial charge is 0.497 e. The molecule has 0 saturated heterocycles. The van der Waals surface area contributed by atoms with Gasteiger partial charge in [0.05, 0.1) is 24.2 Å². The van der Waals surface area contributed by atoms with E-state index in [2.05, 4.69) is 5.10 Å². The summed E-state index contributed by atoms with van der Waals surface area (Å²) in [4.78, 5) is 0. The van der Waals surface area contributed by atoms with Crippen LogP contribution in [-0.4, -0.2) is 16.9 Å². The number of benzene rings is 2. The van der Waals surface area contributed by atoms with Gasteiger partial charge in [0, 0.05) is 17.1 Å². The maximum atomic E-state index is 6.26. The first-order chi connectivity index (χ1) is 11.1. The highest BCUT2D eigenvalue weighted by Crippen LogP contribution is 2.30. The molecule has 0 unspecified atom stereocenters. The van der Waals surface area contributed by atoms with Gasteiger partial charge in [-0.25, -0.2) is 4.68 Å².